The summed E-state index contributed by atoms with van der Waals surface area (Å²) in [6.45, 7) is 4.65. The molecule has 0 amide bonds. The number of hydrogen-bond acceptors (Lipinski definition) is 5. The topological polar surface area (TPSA) is 71.9 Å². The van der Waals surface area contributed by atoms with E-state index in [1.165, 1.54) is 11.1 Å². The summed E-state index contributed by atoms with van der Waals surface area (Å²) in [5.41, 5.74) is 4.90. The third-order valence-corrected chi connectivity index (χ3v) is 4.88. The second kappa shape index (κ2) is 6.64. The Morgan fingerprint density at radius 3 is 3.00 bits per heavy atom. The molecule has 0 radical (unpaired) electrons. The van der Waals surface area contributed by atoms with Crippen molar-refractivity contribution < 1.29 is 9.26 Å². The van der Waals surface area contributed by atoms with Crippen molar-refractivity contribution in [3.8, 4) is 34.7 Å². The Bertz CT molecular complexity index is 1000. The number of ether oxygens (including phenoxy) is 1. The zero-order chi connectivity index (χ0) is 18.1. The van der Waals surface area contributed by atoms with Crippen LogP contribution in [0.4, 0.5) is 0 Å². The largest absolute Gasteiger partial charge is 0.492 e. The van der Waals surface area contributed by atoms with E-state index in [1.807, 2.05) is 19.1 Å². The molecule has 1 aliphatic rings. The van der Waals surface area contributed by atoms with Crippen LogP contribution >= 0.6 is 0 Å². The highest BCUT2D eigenvalue weighted by molar-refractivity contribution is 5.67. The highest BCUT2D eigenvalue weighted by Gasteiger charge is 2.23. The molecular formula is C21H19N3O2. The molecule has 5 heteroatoms. The first-order chi connectivity index (χ1) is 12.7. The Labute approximate surface area is 152 Å². The number of nitrogens with zero attached hydrogens (tertiary/aromatic N) is 3. The first kappa shape index (κ1) is 16.3. The van der Waals surface area contributed by atoms with Crippen LogP contribution < -0.4 is 4.74 Å². The van der Waals surface area contributed by atoms with E-state index in [1.54, 1.807) is 12.1 Å². The average Bonchev–Trinajstić information content (AvgIpc) is 3.30. The minimum absolute atomic E-state index is 0.406. The van der Waals surface area contributed by atoms with Gasteiger partial charge in [-0.05, 0) is 55.0 Å². The molecule has 0 spiro atoms. The standard InChI is InChI=1S/C21H19N3O2/c1-3-25-19-10-8-14(11-15(19)12-22)21-23-20(24-26-21)18-6-4-5-16-13(2)7-9-17(16)18/h4-6,8,10-11,13H,3,7,9H2,1-2H3/t13-/m0/s1. The van der Waals surface area contributed by atoms with Gasteiger partial charge in [-0.3, -0.25) is 0 Å². The molecule has 130 valence electrons. The van der Waals surface area contributed by atoms with Gasteiger partial charge in [0.2, 0.25) is 5.82 Å². The molecular weight excluding hydrogens is 326 g/mol. The van der Waals surface area contributed by atoms with E-state index in [2.05, 4.69) is 35.3 Å². The lowest BCUT2D eigenvalue weighted by Gasteiger charge is -2.06. The maximum Gasteiger partial charge on any atom is 0.258 e. The van der Waals surface area contributed by atoms with Crippen LogP contribution in [0.1, 0.15) is 42.9 Å². The molecule has 0 unspecified atom stereocenters. The summed E-state index contributed by atoms with van der Waals surface area (Å²) >= 11 is 0. The van der Waals surface area contributed by atoms with Crippen molar-refractivity contribution in [3.05, 3.63) is 53.1 Å². The lowest BCUT2D eigenvalue weighted by Crippen LogP contribution is -1.94. The van der Waals surface area contributed by atoms with Crippen molar-refractivity contribution in [3.63, 3.8) is 0 Å². The van der Waals surface area contributed by atoms with Gasteiger partial charge < -0.3 is 9.26 Å². The molecule has 0 saturated heterocycles. The van der Waals surface area contributed by atoms with Gasteiger partial charge >= 0.3 is 0 Å². The van der Waals surface area contributed by atoms with Gasteiger partial charge in [0.05, 0.1) is 12.2 Å². The number of rotatable bonds is 4. The third kappa shape index (κ3) is 2.74. The molecule has 5 nitrogen and oxygen atoms in total. The van der Waals surface area contributed by atoms with Crippen LogP contribution in [0, 0.1) is 11.3 Å². The lowest BCUT2D eigenvalue weighted by atomic mass is 9.99. The number of hydrogen-bond donors (Lipinski definition) is 0. The van der Waals surface area contributed by atoms with Gasteiger partial charge in [-0.25, -0.2) is 0 Å². The van der Waals surface area contributed by atoms with Gasteiger partial charge in [0, 0.05) is 11.1 Å². The summed E-state index contributed by atoms with van der Waals surface area (Å²) in [6.07, 6.45) is 2.19. The molecule has 1 aliphatic carbocycles. The molecule has 0 N–H and O–H groups in total. The minimum atomic E-state index is 0.406. The van der Waals surface area contributed by atoms with Gasteiger partial charge in [0.25, 0.3) is 5.89 Å². The molecule has 0 aliphatic heterocycles. The molecule has 3 aromatic rings. The van der Waals surface area contributed by atoms with Crippen molar-refractivity contribution in [2.45, 2.75) is 32.6 Å². The van der Waals surface area contributed by atoms with Crippen molar-refractivity contribution in [1.29, 1.82) is 5.26 Å². The molecule has 0 bridgehead atoms. The molecule has 2 aromatic carbocycles. The zero-order valence-electron chi connectivity index (χ0n) is 14.8. The van der Waals surface area contributed by atoms with Gasteiger partial charge in [-0.2, -0.15) is 10.2 Å². The van der Waals surface area contributed by atoms with E-state index in [0.29, 0.717) is 41.1 Å². The highest BCUT2D eigenvalue weighted by atomic mass is 16.5. The van der Waals surface area contributed by atoms with Crippen molar-refractivity contribution in [2.75, 3.05) is 6.61 Å². The van der Waals surface area contributed by atoms with E-state index in [-0.39, 0.29) is 0 Å². The Morgan fingerprint density at radius 2 is 2.19 bits per heavy atom. The van der Waals surface area contributed by atoms with Crippen LogP contribution in [0.2, 0.25) is 0 Å². The predicted octanol–water partition coefficient (Wildman–Crippen LogP) is 4.72. The molecule has 26 heavy (non-hydrogen) atoms. The number of benzene rings is 2. The molecule has 1 atom stereocenters. The second-order valence-corrected chi connectivity index (χ2v) is 6.49. The lowest BCUT2D eigenvalue weighted by molar-refractivity contribution is 0.339. The minimum Gasteiger partial charge on any atom is -0.492 e. The Morgan fingerprint density at radius 1 is 1.31 bits per heavy atom. The summed E-state index contributed by atoms with van der Waals surface area (Å²) in [4.78, 5) is 4.58. The number of fused-ring (bicyclic) bond motifs is 1. The maximum absolute atomic E-state index is 9.33. The summed E-state index contributed by atoms with van der Waals surface area (Å²) < 4.78 is 10.9. The molecule has 0 saturated carbocycles. The maximum atomic E-state index is 9.33. The van der Waals surface area contributed by atoms with Gasteiger partial charge in [-0.1, -0.05) is 30.3 Å². The monoisotopic (exact) mass is 345 g/mol. The zero-order valence-corrected chi connectivity index (χ0v) is 14.8. The summed E-state index contributed by atoms with van der Waals surface area (Å²) in [5.74, 6) is 2.13. The van der Waals surface area contributed by atoms with Crippen molar-refractivity contribution >= 4 is 0 Å². The van der Waals surface area contributed by atoms with Gasteiger partial charge in [0.15, 0.2) is 0 Å². The quantitative estimate of drug-likeness (QED) is 0.684. The van der Waals surface area contributed by atoms with E-state index >= 15 is 0 Å². The average molecular weight is 345 g/mol. The van der Waals surface area contributed by atoms with Gasteiger partial charge in [0.1, 0.15) is 11.8 Å². The van der Waals surface area contributed by atoms with Crippen LogP contribution in [0.25, 0.3) is 22.8 Å². The van der Waals surface area contributed by atoms with Crippen LogP contribution in [0.5, 0.6) is 5.75 Å². The normalized spacial score (nSPS) is 15.5. The fourth-order valence-electron chi connectivity index (χ4n) is 3.55. The Hall–Kier alpha value is -3.13. The predicted molar refractivity (Wildman–Crippen MR) is 97.8 cm³/mol. The van der Waals surface area contributed by atoms with Crippen LogP contribution in [0.15, 0.2) is 40.9 Å². The van der Waals surface area contributed by atoms with Crippen LogP contribution in [0.3, 0.4) is 0 Å². The van der Waals surface area contributed by atoms with E-state index < -0.39 is 0 Å². The fourth-order valence-corrected chi connectivity index (χ4v) is 3.55. The van der Waals surface area contributed by atoms with E-state index in [4.69, 9.17) is 9.26 Å². The Balaban J connectivity index is 1.71. The smallest absolute Gasteiger partial charge is 0.258 e. The van der Waals surface area contributed by atoms with Crippen LogP contribution in [-0.4, -0.2) is 16.7 Å². The summed E-state index contributed by atoms with van der Waals surface area (Å²) in [7, 11) is 0. The summed E-state index contributed by atoms with van der Waals surface area (Å²) in [5, 5.41) is 13.5. The summed E-state index contributed by atoms with van der Waals surface area (Å²) in [6, 6.07) is 13.8. The van der Waals surface area contributed by atoms with Gasteiger partial charge in [-0.15, -0.1) is 0 Å². The Kier molecular flexibility index (Phi) is 4.18. The van der Waals surface area contributed by atoms with Crippen LogP contribution in [-0.2, 0) is 6.42 Å². The first-order valence-electron chi connectivity index (χ1n) is 8.84. The van der Waals surface area contributed by atoms with E-state index in [9.17, 15) is 5.26 Å². The first-order valence-corrected chi connectivity index (χ1v) is 8.84. The number of aromatic nitrogens is 2. The van der Waals surface area contributed by atoms with Crippen molar-refractivity contribution in [2.24, 2.45) is 0 Å². The molecule has 1 heterocycles. The van der Waals surface area contributed by atoms with E-state index in [0.717, 1.165) is 18.4 Å². The third-order valence-electron chi connectivity index (χ3n) is 4.88. The SMILES string of the molecule is CCOc1ccc(-c2nc(-c3cccc4c3CC[C@@H]4C)no2)cc1C#N. The fraction of sp³-hybridized carbons (Fsp3) is 0.286. The molecule has 4 rings (SSSR count). The highest BCUT2D eigenvalue weighted by Crippen LogP contribution is 2.38. The molecule has 1 aromatic heterocycles. The second-order valence-electron chi connectivity index (χ2n) is 6.49. The number of nitriles is 1. The molecule has 0 fully saturated rings. The van der Waals surface area contributed by atoms with Crippen molar-refractivity contribution in [1.82, 2.24) is 10.1 Å².